The maximum Gasteiger partial charge on any atom is 0.0462 e. The van der Waals surface area contributed by atoms with Gasteiger partial charge >= 0.3 is 0 Å². The van der Waals surface area contributed by atoms with E-state index in [1.54, 1.807) is 7.11 Å². The van der Waals surface area contributed by atoms with Crippen molar-refractivity contribution in [3.63, 3.8) is 0 Å². The van der Waals surface area contributed by atoms with Gasteiger partial charge in [0.15, 0.2) is 0 Å². The van der Waals surface area contributed by atoms with Gasteiger partial charge in [-0.1, -0.05) is 20.3 Å². The quantitative estimate of drug-likeness (QED) is 0.625. The number of rotatable bonds is 6. The summed E-state index contributed by atoms with van der Waals surface area (Å²) in [6.45, 7) is 7.36. The molecular weight excluding hydrogens is 150 g/mol. The molecule has 0 radical (unpaired) electrons. The molecule has 0 aromatic rings. The van der Waals surface area contributed by atoms with Gasteiger partial charge in [-0.3, -0.25) is 0 Å². The van der Waals surface area contributed by atoms with Gasteiger partial charge in [0.2, 0.25) is 0 Å². The van der Waals surface area contributed by atoms with E-state index in [0.717, 1.165) is 25.9 Å². The van der Waals surface area contributed by atoms with Crippen LogP contribution in [0.1, 0.15) is 40.0 Å². The molecule has 0 bridgehead atoms. The molecule has 0 saturated heterocycles. The molecule has 74 valence electrons. The minimum absolute atomic E-state index is 0.0206. The molecule has 2 N–H and O–H groups in total. The van der Waals surface area contributed by atoms with Crippen LogP contribution in [0.5, 0.6) is 0 Å². The molecule has 2 unspecified atom stereocenters. The van der Waals surface area contributed by atoms with E-state index in [4.69, 9.17) is 10.5 Å². The van der Waals surface area contributed by atoms with Crippen molar-refractivity contribution in [1.29, 1.82) is 0 Å². The molecule has 0 aliphatic carbocycles. The van der Waals surface area contributed by atoms with E-state index in [9.17, 15) is 0 Å². The van der Waals surface area contributed by atoms with E-state index in [0.29, 0.717) is 5.92 Å². The van der Waals surface area contributed by atoms with Crippen LogP contribution < -0.4 is 5.73 Å². The van der Waals surface area contributed by atoms with Gasteiger partial charge in [-0.2, -0.15) is 0 Å². The molecular formula is C10H23NO. The molecule has 0 amide bonds. The van der Waals surface area contributed by atoms with Crippen LogP contribution in [-0.4, -0.2) is 19.3 Å². The zero-order valence-corrected chi connectivity index (χ0v) is 8.89. The third-order valence-corrected chi connectivity index (χ3v) is 2.80. The molecule has 0 heterocycles. The summed E-state index contributed by atoms with van der Waals surface area (Å²) in [4.78, 5) is 0. The number of nitrogens with two attached hydrogens (primary N) is 1. The lowest BCUT2D eigenvalue weighted by atomic mass is 9.82. The number of methoxy groups -OCH3 is 1. The maximum atomic E-state index is 6.16. The van der Waals surface area contributed by atoms with Gasteiger partial charge in [0.1, 0.15) is 0 Å². The summed E-state index contributed by atoms with van der Waals surface area (Å²) < 4.78 is 5.00. The maximum absolute atomic E-state index is 6.16. The zero-order valence-electron chi connectivity index (χ0n) is 8.89. The summed E-state index contributed by atoms with van der Waals surface area (Å²) in [6.07, 6.45) is 3.27. The van der Waals surface area contributed by atoms with Crippen LogP contribution in [0.25, 0.3) is 0 Å². The van der Waals surface area contributed by atoms with E-state index >= 15 is 0 Å². The first-order valence-electron chi connectivity index (χ1n) is 4.82. The smallest absolute Gasteiger partial charge is 0.0462 e. The molecule has 0 aromatic heterocycles. The Bertz CT molecular complexity index is 112. The van der Waals surface area contributed by atoms with Gasteiger partial charge in [-0.05, 0) is 25.7 Å². The lowest BCUT2D eigenvalue weighted by Crippen LogP contribution is -2.42. The predicted octanol–water partition coefficient (Wildman–Crippen LogP) is 2.18. The van der Waals surface area contributed by atoms with Gasteiger partial charge in [-0.25, -0.2) is 0 Å². The van der Waals surface area contributed by atoms with Gasteiger partial charge < -0.3 is 10.5 Å². The highest BCUT2D eigenvalue weighted by molar-refractivity contribution is 4.83. The Morgan fingerprint density at radius 3 is 2.50 bits per heavy atom. The summed E-state index contributed by atoms with van der Waals surface area (Å²) >= 11 is 0. The summed E-state index contributed by atoms with van der Waals surface area (Å²) in [5, 5.41) is 0. The van der Waals surface area contributed by atoms with Gasteiger partial charge in [0, 0.05) is 19.3 Å². The Kier molecular flexibility index (Phi) is 5.51. The Labute approximate surface area is 76.5 Å². The highest BCUT2D eigenvalue weighted by Crippen LogP contribution is 2.22. The standard InChI is InChI=1S/C10H23NO/c1-5-9(2)10(3,11)7-6-8-12-4/h9H,5-8,11H2,1-4H3. The monoisotopic (exact) mass is 173 g/mol. The van der Waals surface area contributed by atoms with Crippen LogP contribution in [0.3, 0.4) is 0 Å². The zero-order chi connectivity index (χ0) is 9.61. The second kappa shape index (κ2) is 5.55. The summed E-state index contributed by atoms with van der Waals surface area (Å²) in [7, 11) is 1.73. The van der Waals surface area contributed by atoms with Crippen molar-refractivity contribution in [2.45, 2.75) is 45.6 Å². The molecule has 0 rings (SSSR count). The summed E-state index contributed by atoms with van der Waals surface area (Å²) in [5.74, 6) is 0.592. The number of ether oxygens (including phenoxy) is 1. The highest BCUT2D eigenvalue weighted by Gasteiger charge is 2.23. The van der Waals surface area contributed by atoms with E-state index in [1.165, 1.54) is 0 Å². The average molecular weight is 173 g/mol. The Morgan fingerprint density at radius 1 is 1.50 bits per heavy atom. The normalized spacial score (nSPS) is 18.8. The van der Waals surface area contributed by atoms with Crippen molar-refractivity contribution < 1.29 is 4.74 Å². The van der Waals surface area contributed by atoms with Crippen LogP contribution in [0.4, 0.5) is 0 Å². The Hall–Kier alpha value is -0.0800. The molecule has 0 spiro atoms. The first-order valence-corrected chi connectivity index (χ1v) is 4.82. The van der Waals surface area contributed by atoms with Gasteiger partial charge in [-0.15, -0.1) is 0 Å². The molecule has 0 aromatic carbocycles. The minimum atomic E-state index is -0.0206. The first-order chi connectivity index (χ1) is 5.54. The molecule has 0 aliphatic rings. The fourth-order valence-electron chi connectivity index (χ4n) is 1.31. The Morgan fingerprint density at radius 2 is 2.08 bits per heavy atom. The Balaban J connectivity index is 3.70. The van der Waals surface area contributed by atoms with E-state index in [-0.39, 0.29) is 5.54 Å². The van der Waals surface area contributed by atoms with Crippen LogP contribution in [0, 0.1) is 5.92 Å². The molecule has 0 saturated carbocycles. The van der Waals surface area contributed by atoms with Crippen molar-refractivity contribution in [3.05, 3.63) is 0 Å². The molecule has 0 fully saturated rings. The molecule has 2 atom stereocenters. The van der Waals surface area contributed by atoms with Crippen molar-refractivity contribution in [3.8, 4) is 0 Å². The van der Waals surface area contributed by atoms with Gasteiger partial charge in [0.25, 0.3) is 0 Å². The molecule has 12 heavy (non-hydrogen) atoms. The number of hydrogen-bond acceptors (Lipinski definition) is 2. The fraction of sp³-hybridized carbons (Fsp3) is 1.00. The van der Waals surface area contributed by atoms with E-state index in [2.05, 4.69) is 20.8 Å². The average Bonchev–Trinajstić information content (AvgIpc) is 2.03. The van der Waals surface area contributed by atoms with Crippen LogP contribution in [-0.2, 0) is 4.74 Å². The summed E-state index contributed by atoms with van der Waals surface area (Å²) in [5.41, 5.74) is 6.14. The largest absolute Gasteiger partial charge is 0.385 e. The molecule has 0 aliphatic heterocycles. The second-order valence-electron chi connectivity index (χ2n) is 3.91. The topological polar surface area (TPSA) is 35.2 Å². The van der Waals surface area contributed by atoms with E-state index in [1.807, 2.05) is 0 Å². The third kappa shape index (κ3) is 4.07. The van der Waals surface area contributed by atoms with Gasteiger partial charge in [0.05, 0.1) is 0 Å². The predicted molar refractivity (Wildman–Crippen MR) is 53.2 cm³/mol. The van der Waals surface area contributed by atoms with Crippen molar-refractivity contribution in [1.82, 2.24) is 0 Å². The first kappa shape index (κ1) is 11.9. The molecule has 2 nitrogen and oxygen atoms in total. The molecule has 2 heteroatoms. The highest BCUT2D eigenvalue weighted by atomic mass is 16.5. The van der Waals surface area contributed by atoms with Crippen LogP contribution >= 0.6 is 0 Å². The third-order valence-electron chi connectivity index (χ3n) is 2.80. The lowest BCUT2D eigenvalue weighted by molar-refractivity contribution is 0.174. The van der Waals surface area contributed by atoms with Crippen molar-refractivity contribution in [2.24, 2.45) is 11.7 Å². The lowest BCUT2D eigenvalue weighted by Gasteiger charge is -2.31. The van der Waals surface area contributed by atoms with E-state index < -0.39 is 0 Å². The fourth-order valence-corrected chi connectivity index (χ4v) is 1.31. The van der Waals surface area contributed by atoms with Crippen molar-refractivity contribution in [2.75, 3.05) is 13.7 Å². The van der Waals surface area contributed by atoms with Crippen LogP contribution in [0.15, 0.2) is 0 Å². The van der Waals surface area contributed by atoms with Crippen molar-refractivity contribution >= 4 is 0 Å². The van der Waals surface area contributed by atoms with Crippen LogP contribution in [0.2, 0.25) is 0 Å². The SMILES string of the molecule is CCC(C)C(C)(N)CCCOC. The number of hydrogen-bond donors (Lipinski definition) is 1. The minimum Gasteiger partial charge on any atom is -0.385 e. The second-order valence-corrected chi connectivity index (χ2v) is 3.91. The summed E-state index contributed by atoms with van der Waals surface area (Å²) in [6, 6.07) is 0.